The Morgan fingerprint density at radius 3 is 1.69 bits per heavy atom. The van der Waals surface area contributed by atoms with E-state index in [9.17, 15) is 9.59 Å². The van der Waals surface area contributed by atoms with Crippen LogP contribution >= 0.6 is 0 Å². The largest absolute Gasteiger partial charge is 0.497 e. The van der Waals surface area contributed by atoms with Gasteiger partial charge in [0, 0.05) is 23.0 Å². The molecule has 4 heteroatoms. The number of ether oxygens (including phenoxy) is 2. The highest BCUT2D eigenvalue weighted by Crippen LogP contribution is 2.36. The van der Waals surface area contributed by atoms with Crippen molar-refractivity contribution in [1.29, 1.82) is 0 Å². The molecule has 0 radical (unpaired) electrons. The number of benzene rings is 2. The molecule has 3 aliphatic carbocycles. The topological polar surface area (TPSA) is 52.6 Å². The van der Waals surface area contributed by atoms with E-state index in [2.05, 4.69) is 12.7 Å². The summed E-state index contributed by atoms with van der Waals surface area (Å²) in [5.41, 5.74) is 7.88. The maximum atomic E-state index is 13.0. The number of hydrogen-bond acceptors (Lipinski definition) is 4. The Morgan fingerprint density at radius 1 is 0.667 bits per heavy atom. The molecule has 0 heterocycles. The van der Waals surface area contributed by atoms with Gasteiger partial charge in [-0.25, -0.2) is 0 Å². The Kier molecular flexibility index (Phi) is 9.04. The summed E-state index contributed by atoms with van der Waals surface area (Å²) in [7, 11) is 1.62. The molecule has 0 atom stereocenters. The van der Waals surface area contributed by atoms with Gasteiger partial charge >= 0.3 is 0 Å². The first-order valence-corrected chi connectivity index (χ1v) is 14.9. The fraction of sp³-hybridized carbons (Fsp3) is 0.514. The van der Waals surface area contributed by atoms with Crippen LogP contribution in [0.4, 0.5) is 0 Å². The van der Waals surface area contributed by atoms with E-state index in [1.807, 2.05) is 24.3 Å². The molecule has 0 aliphatic heterocycles. The van der Waals surface area contributed by atoms with Gasteiger partial charge in [0.2, 0.25) is 0 Å². The van der Waals surface area contributed by atoms with Gasteiger partial charge in [-0.2, -0.15) is 0 Å². The maximum Gasteiger partial charge on any atom is 0.193 e. The molecule has 5 rings (SSSR count). The molecule has 206 valence electrons. The Balaban J connectivity index is 1.08. The van der Waals surface area contributed by atoms with Gasteiger partial charge in [0.1, 0.15) is 17.3 Å². The van der Waals surface area contributed by atoms with Crippen molar-refractivity contribution >= 4 is 11.6 Å². The average molecular weight is 527 g/mol. The Bertz CT molecular complexity index is 1190. The molecule has 4 nitrogen and oxygen atoms in total. The van der Waals surface area contributed by atoms with E-state index in [1.165, 1.54) is 24.0 Å². The van der Waals surface area contributed by atoms with Crippen LogP contribution in [-0.4, -0.2) is 24.8 Å². The minimum atomic E-state index is -0.00768. The number of carbonyl (C=O) groups excluding carboxylic acids is 2. The molecular weight excluding hydrogens is 484 g/mol. The second kappa shape index (κ2) is 12.8. The number of rotatable bonds is 7. The van der Waals surface area contributed by atoms with Crippen LogP contribution < -0.4 is 9.47 Å². The Morgan fingerprint density at radius 2 is 1.15 bits per heavy atom. The van der Waals surface area contributed by atoms with E-state index in [0.717, 1.165) is 81.6 Å². The fourth-order valence-electron chi connectivity index (χ4n) is 6.47. The summed E-state index contributed by atoms with van der Waals surface area (Å²) >= 11 is 0. The number of allylic oxidation sites excluding steroid dienone is 1. The van der Waals surface area contributed by atoms with E-state index in [-0.39, 0.29) is 17.8 Å². The van der Waals surface area contributed by atoms with E-state index in [1.54, 1.807) is 31.4 Å². The van der Waals surface area contributed by atoms with Gasteiger partial charge in [-0.15, -0.1) is 5.73 Å². The molecule has 0 spiro atoms. The number of carbonyl (C=O) groups is 2. The van der Waals surface area contributed by atoms with Crippen LogP contribution in [0.2, 0.25) is 0 Å². The standard InChI is InChI=1S/C35H42O4/c1-24-3-9-27(10-4-24)34(36)28-11-5-25(6-12-28)23-26-7-17-32(18-8-26)39-33-21-15-30(16-22-33)35(37)29-13-19-31(38-2)20-14-29/h13-16,19-22,24,27-28,32H,3-12,17-18H2,1-2H3. The van der Waals surface area contributed by atoms with Crippen molar-refractivity contribution < 1.29 is 19.1 Å². The minimum absolute atomic E-state index is 0.00768. The lowest BCUT2D eigenvalue weighted by molar-refractivity contribution is -0.128. The Labute approximate surface area is 233 Å². The van der Waals surface area contributed by atoms with E-state index in [4.69, 9.17) is 9.47 Å². The molecule has 3 fully saturated rings. The van der Waals surface area contributed by atoms with Crippen LogP contribution in [0.1, 0.15) is 99.9 Å². The third-order valence-electron chi connectivity index (χ3n) is 9.07. The van der Waals surface area contributed by atoms with Crippen molar-refractivity contribution in [2.45, 2.75) is 90.1 Å². The smallest absolute Gasteiger partial charge is 0.193 e. The molecule has 3 aliphatic rings. The summed E-state index contributed by atoms with van der Waals surface area (Å²) in [6.07, 6.45) is 13.0. The predicted octanol–water partition coefficient (Wildman–Crippen LogP) is 8.28. The van der Waals surface area contributed by atoms with Gasteiger partial charge < -0.3 is 9.47 Å². The summed E-state index contributed by atoms with van der Waals surface area (Å²) in [6.45, 7) is 2.32. The first kappa shape index (κ1) is 27.5. The summed E-state index contributed by atoms with van der Waals surface area (Å²) < 4.78 is 11.4. The summed E-state index contributed by atoms with van der Waals surface area (Å²) in [5.74, 6) is 3.50. The van der Waals surface area contributed by atoms with E-state index >= 15 is 0 Å². The maximum absolute atomic E-state index is 13.0. The highest BCUT2D eigenvalue weighted by atomic mass is 16.5. The highest BCUT2D eigenvalue weighted by Gasteiger charge is 2.31. The molecule has 0 aromatic heterocycles. The van der Waals surface area contributed by atoms with Gasteiger partial charge in [0.25, 0.3) is 0 Å². The van der Waals surface area contributed by atoms with Crippen molar-refractivity contribution in [1.82, 2.24) is 0 Å². The van der Waals surface area contributed by atoms with Gasteiger partial charge in [0.15, 0.2) is 5.78 Å². The molecule has 39 heavy (non-hydrogen) atoms. The average Bonchev–Trinajstić information content (AvgIpc) is 2.99. The summed E-state index contributed by atoms with van der Waals surface area (Å²) in [6, 6.07) is 14.7. The van der Waals surface area contributed by atoms with Crippen molar-refractivity contribution in [2.24, 2.45) is 17.8 Å². The summed E-state index contributed by atoms with van der Waals surface area (Å²) in [4.78, 5) is 25.8. The van der Waals surface area contributed by atoms with Crippen LogP contribution in [0.3, 0.4) is 0 Å². The number of hydrogen-bond donors (Lipinski definition) is 0. The SMILES string of the molecule is COc1ccc(C(=O)c2ccc(OC3CCC(=C=C4CCC(C(=O)C5CCC(C)CC5)CC4)CC3)cc2)cc1. The zero-order chi connectivity index (χ0) is 27.2. The van der Waals surface area contributed by atoms with Crippen molar-refractivity contribution in [3.63, 3.8) is 0 Å². The third-order valence-corrected chi connectivity index (χ3v) is 9.07. The number of Topliss-reactive ketones (excluding diaryl/α,β-unsaturated/α-hetero) is 1. The molecule has 0 amide bonds. The van der Waals surface area contributed by atoms with Crippen LogP contribution in [0.25, 0.3) is 0 Å². The molecule has 2 aromatic rings. The normalized spacial score (nSPS) is 25.5. The molecule has 0 unspecified atom stereocenters. The molecule has 0 saturated heterocycles. The van der Waals surface area contributed by atoms with Gasteiger partial charge in [0.05, 0.1) is 13.2 Å². The zero-order valence-electron chi connectivity index (χ0n) is 23.5. The molecule has 3 saturated carbocycles. The van der Waals surface area contributed by atoms with E-state index in [0.29, 0.717) is 22.8 Å². The quantitative estimate of drug-likeness (QED) is 0.269. The second-order valence-electron chi connectivity index (χ2n) is 11.9. The van der Waals surface area contributed by atoms with Crippen LogP contribution in [0.5, 0.6) is 11.5 Å². The fourth-order valence-corrected chi connectivity index (χ4v) is 6.47. The lowest BCUT2D eigenvalue weighted by Gasteiger charge is -2.30. The van der Waals surface area contributed by atoms with Crippen LogP contribution in [-0.2, 0) is 4.79 Å². The Hall–Kier alpha value is -3.10. The number of ketones is 2. The summed E-state index contributed by atoms with van der Waals surface area (Å²) in [5, 5.41) is 0. The van der Waals surface area contributed by atoms with E-state index < -0.39 is 0 Å². The van der Waals surface area contributed by atoms with Crippen LogP contribution in [0, 0.1) is 17.8 Å². The lowest BCUT2D eigenvalue weighted by Crippen LogP contribution is -2.28. The predicted molar refractivity (Wildman–Crippen MR) is 154 cm³/mol. The zero-order valence-corrected chi connectivity index (χ0v) is 23.5. The van der Waals surface area contributed by atoms with Gasteiger partial charge in [-0.1, -0.05) is 19.8 Å². The van der Waals surface area contributed by atoms with Crippen molar-refractivity contribution in [3.05, 3.63) is 76.5 Å². The van der Waals surface area contributed by atoms with Crippen molar-refractivity contribution in [2.75, 3.05) is 7.11 Å². The van der Waals surface area contributed by atoms with Crippen molar-refractivity contribution in [3.8, 4) is 11.5 Å². The first-order chi connectivity index (χ1) is 19.0. The minimum Gasteiger partial charge on any atom is -0.497 e. The first-order valence-electron chi connectivity index (χ1n) is 14.9. The molecule has 0 bridgehead atoms. The van der Waals surface area contributed by atoms with Crippen LogP contribution in [0.15, 0.2) is 65.4 Å². The van der Waals surface area contributed by atoms with Gasteiger partial charge in [-0.05, 0) is 130 Å². The van der Waals surface area contributed by atoms with Gasteiger partial charge in [-0.3, -0.25) is 9.59 Å². The lowest BCUT2D eigenvalue weighted by atomic mass is 9.74. The monoisotopic (exact) mass is 526 g/mol. The second-order valence-corrected chi connectivity index (χ2v) is 11.9. The number of methoxy groups -OCH3 is 1. The highest BCUT2D eigenvalue weighted by molar-refractivity contribution is 6.09. The third kappa shape index (κ3) is 7.11. The molecule has 0 N–H and O–H groups in total. The molecular formula is C35H42O4. The molecule has 2 aromatic carbocycles.